The van der Waals surface area contributed by atoms with E-state index in [1.807, 2.05) is 14.0 Å². The summed E-state index contributed by atoms with van der Waals surface area (Å²) in [6.45, 7) is 2.08. The van der Waals surface area contributed by atoms with Gasteiger partial charge in [0.2, 0.25) is 10.0 Å². The molecule has 1 aromatic carbocycles. The number of hydrogen-bond donors (Lipinski definition) is 2. The molecule has 0 saturated heterocycles. The van der Waals surface area contributed by atoms with Gasteiger partial charge in [-0.15, -0.1) is 0 Å². The Morgan fingerprint density at radius 1 is 1.24 bits per heavy atom. The fourth-order valence-corrected chi connectivity index (χ4v) is 3.03. The number of aliphatic hydroxyl groups is 1. The summed E-state index contributed by atoms with van der Waals surface area (Å²) < 4.78 is 28.4. The molecule has 0 aliphatic carbocycles. The van der Waals surface area contributed by atoms with Crippen LogP contribution in [0.2, 0.25) is 0 Å². The Hall–Kier alpha value is -1.70. The zero-order chi connectivity index (χ0) is 15.5. The molecule has 114 valence electrons. The van der Waals surface area contributed by atoms with Crippen LogP contribution < -0.4 is 4.72 Å². The molecule has 1 aromatic heterocycles. The largest absolute Gasteiger partial charge is 0.392 e. The van der Waals surface area contributed by atoms with Gasteiger partial charge in [-0.05, 0) is 18.1 Å². The van der Waals surface area contributed by atoms with E-state index in [1.165, 1.54) is 0 Å². The minimum atomic E-state index is -3.41. The number of aromatic nitrogens is 2. The van der Waals surface area contributed by atoms with E-state index in [0.717, 1.165) is 16.8 Å². The van der Waals surface area contributed by atoms with Crippen molar-refractivity contribution < 1.29 is 13.5 Å². The smallest absolute Gasteiger partial charge is 0.216 e. The van der Waals surface area contributed by atoms with Crippen molar-refractivity contribution in [3.8, 4) is 0 Å². The van der Waals surface area contributed by atoms with E-state index in [2.05, 4.69) is 9.82 Å². The molecule has 0 atom stereocenters. The highest BCUT2D eigenvalue weighted by molar-refractivity contribution is 7.88. The van der Waals surface area contributed by atoms with Crippen molar-refractivity contribution in [3.05, 3.63) is 52.8 Å². The number of aliphatic hydroxyl groups excluding tert-OH is 1. The summed E-state index contributed by atoms with van der Waals surface area (Å²) >= 11 is 0. The molecule has 2 N–H and O–H groups in total. The normalized spacial score (nSPS) is 11.8. The van der Waals surface area contributed by atoms with Crippen LogP contribution >= 0.6 is 0 Å². The summed E-state index contributed by atoms with van der Waals surface area (Å²) in [5, 5.41) is 13.0. The number of sulfonamides is 1. The molecule has 2 rings (SSSR count). The summed E-state index contributed by atoms with van der Waals surface area (Å²) in [7, 11) is -1.59. The molecule has 21 heavy (non-hydrogen) atoms. The van der Waals surface area contributed by atoms with Gasteiger partial charge in [-0.25, -0.2) is 13.1 Å². The molecule has 6 nitrogen and oxygen atoms in total. The van der Waals surface area contributed by atoms with Gasteiger partial charge in [-0.3, -0.25) is 4.68 Å². The Bertz CT molecular complexity index is 706. The molecule has 0 radical (unpaired) electrons. The van der Waals surface area contributed by atoms with Gasteiger partial charge < -0.3 is 5.11 Å². The average molecular weight is 309 g/mol. The van der Waals surface area contributed by atoms with Crippen LogP contribution in [0.15, 0.2) is 30.5 Å². The quantitative estimate of drug-likeness (QED) is 0.828. The van der Waals surface area contributed by atoms with Crippen molar-refractivity contribution in [2.24, 2.45) is 7.05 Å². The van der Waals surface area contributed by atoms with Gasteiger partial charge in [0.15, 0.2) is 0 Å². The molecule has 0 fully saturated rings. The summed E-state index contributed by atoms with van der Waals surface area (Å²) in [5.74, 6) is -0.0853. The first-order valence-electron chi connectivity index (χ1n) is 6.55. The summed E-state index contributed by atoms with van der Waals surface area (Å²) in [6.07, 6.45) is 1.66. The lowest BCUT2D eigenvalue weighted by atomic mass is 10.2. The molecule has 7 heteroatoms. The van der Waals surface area contributed by atoms with Crippen molar-refractivity contribution in [1.82, 2.24) is 14.5 Å². The Balaban J connectivity index is 1.99. The van der Waals surface area contributed by atoms with Gasteiger partial charge in [0, 0.05) is 24.8 Å². The van der Waals surface area contributed by atoms with Crippen molar-refractivity contribution in [2.75, 3.05) is 0 Å². The Labute approximate surface area is 124 Å². The number of aryl methyl sites for hydroxylation is 1. The van der Waals surface area contributed by atoms with Gasteiger partial charge in [0.25, 0.3) is 0 Å². The molecular weight excluding hydrogens is 290 g/mol. The van der Waals surface area contributed by atoms with Crippen LogP contribution in [0.5, 0.6) is 0 Å². The van der Waals surface area contributed by atoms with Gasteiger partial charge in [-0.1, -0.05) is 24.3 Å². The van der Waals surface area contributed by atoms with E-state index in [1.54, 1.807) is 35.1 Å². The average Bonchev–Trinajstić information content (AvgIpc) is 2.77. The van der Waals surface area contributed by atoms with Gasteiger partial charge >= 0.3 is 0 Å². The Morgan fingerprint density at radius 3 is 2.38 bits per heavy atom. The van der Waals surface area contributed by atoms with Gasteiger partial charge in [0.05, 0.1) is 18.6 Å². The fourth-order valence-electron chi connectivity index (χ4n) is 1.92. The first kappa shape index (κ1) is 15.7. The molecule has 2 aromatic rings. The van der Waals surface area contributed by atoms with E-state index in [0.29, 0.717) is 5.56 Å². The van der Waals surface area contributed by atoms with E-state index in [-0.39, 0.29) is 18.9 Å². The SMILES string of the molecule is Cc1c(CNS(=O)(=O)Cc2ccc(CO)cc2)cnn1C. The third kappa shape index (κ3) is 4.13. The lowest BCUT2D eigenvalue weighted by Crippen LogP contribution is -2.25. The standard InChI is InChI=1S/C14H19N3O3S/c1-11-14(7-15-17(11)2)8-16-21(19,20)10-13-5-3-12(9-18)4-6-13/h3-7,16,18H,8-10H2,1-2H3. The maximum atomic E-state index is 12.1. The van der Waals surface area contributed by atoms with Gasteiger partial charge in [-0.2, -0.15) is 5.10 Å². The van der Waals surface area contributed by atoms with Crippen molar-refractivity contribution in [3.63, 3.8) is 0 Å². The predicted molar refractivity (Wildman–Crippen MR) is 79.8 cm³/mol. The highest BCUT2D eigenvalue weighted by atomic mass is 32.2. The topological polar surface area (TPSA) is 84.2 Å². The first-order valence-corrected chi connectivity index (χ1v) is 8.20. The number of hydrogen-bond acceptors (Lipinski definition) is 4. The molecule has 0 amide bonds. The van der Waals surface area contributed by atoms with Crippen LogP contribution in [0, 0.1) is 6.92 Å². The third-order valence-electron chi connectivity index (χ3n) is 3.38. The summed E-state index contributed by atoms with van der Waals surface area (Å²) in [4.78, 5) is 0. The minimum absolute atomic E-state index is 0.0500. The zero-order valence-electron chi connectivity index (χ0n) is 12.1. The third-order valence-corrected chi connectivity index (χ3v) is 4.68. The zero-order valence-corrected chi connectivity index (χ0v) is 12.9. The van der Waals surface area contributed by atoms with Gasteiger partial charge in [0.1, 0.15) is 0 Å². The van der Waals surface area contributed by atoms with Crippen LogP contribution in [-0.2, 0) is 36.0 Å². The van der Waals surface area contributed by atoms with Crippen molar-refractivity contribution >= 4 is 10.0 Å². The van der Waals surface area contributed by atoms with E-state index in [9.17, 15) is 8.42 Å². The highest BCUT2D eigenvalue weighted by Crippen LogP contribution is 2.10. The lowest BCUT2D eigenvalue weighted by molar-refractivity contribution is 0.282. The first-order chi connectivity index (χ1) is 9.91. The maximum absolute atomic E-state index is 12.1. The number of nitrogens with zero attached hydrogens (tertiary/aromatic N) is 2. The minimum Gasteiger partial charge on any atom is -0.392 e. The second-order valence-corrected chi connectivity index (χ2v) is 6.74. The molecule has 1 heterocycles. The molecule has 0 aliphatic heterocycles. The molecule has 0 aliphatic rings. The number of nitrogens with one attached hydrogen (secondary N) is 1. The second kappa shape index (κ2) is 6.38. The van der Waals surface area contributed by atoms with Crippen LogP contribution in [-0.4, -0.2) is 23.3 Å². The Morgan fingerprint density at radius 2 is 1.86 bits per heavy atom. The van der Waals surface area contributed by atoms with Crippen LogP contribution in [0.25, 0.3) is 0 Å². The number of benzene rings is 1. The Kier molecular flexibility index (Phi) is 4.76. The monoisotopic (exact) mass is 309 g/mol. The van der Waals surface area contributed by atoms with E-state index < -0.39 is 10.0 Å². The second-order valence-electron chi connectivity index (χ2n) is 4.93. The summed E-state index contributed by atoms with van der Waals surface area (Å²) in [5.41, 5.74) is 3.24. The molecule has 0 unspecified atom stereocenters. The lowest BCUT2D eigenvalue weighted by Gasteiger charge is -2.07. The van der Waals surface area contributed by atoms with Crippen LogP contribution in [0.3, 0.4) is 0 Å². The van der Waals surface area contributed by atoms with E-state index >= 15 is 0 Å². The molecule has 0 saturated carbocycles. The van der Waals surface area contributed by atoms with Crippen molar-refractivity contribution in [2.45, 2.75) is 25.8 Å². The number of rotatable bonds is 6. The maximum Gasteiger partial charge on any atom is 0.216 e. The predicted octanol–water partition coefficient (Wildman–Crippen LogP) is 0.840. The highest BCUT2D eigenvalue weighted by Gasteiger charge is 2.13. The van der Waals surface area contributed by atoms with Crippen LogP contribution in [0.4, 0.5) is 0 Å². The molecular formula is C14H19N3O3S. The van der Waals surface area contributed by atoms with Crippen molar-refractivity contribution in [1.29, 1.82) is 0 Å². The molecule has 0 spiro atoms. The molecule has 0 bridgehead atoms. The van der Waals surface area contributed by atoms with E-state index in [4.69, 9.17) is 5.11 Å². The fraction of sp³-hybridized carbons (Fsp3) is 0.357. The van der Waals surface area contributed by atoms with Crippen LogP contribution in [0.1, 0.15) is 22.4 Å². The summed E-state index contributed by atoms with van der Waals surface area (Å²) in [6, 6.07) is 6.85.